The van der Waals surface area contributed by atoms with Crippen LogP contribution in [0, 0.1) is 5.92 Å². The Morgan fingerprint density at radius 3 is 3.00 bits per heavy atom. The lowest BCUT2D eigenvalue weighted by atomic mass is 10.0. The van der Waals surface area contributed by atoms with Crippen molar-refractivity contribution in [2.45, 2.75) is 32.1 Å². The van der Waals surface area contributed by atoms with Gasteiger partial charge >= 0.3 is 0 Å². The van der Waals surface area contributed by atoms with Gasteiger partial charge in [0.15, 0.2) is 0 Å². The first-order valence-electron chi connectivity index (χ1n) is 4.81. The summed E-state index contributed by atoms with van der Waals surface area (Å²) in [5.41, 5.74) is 0. The summed E-state index contributed by atoms with van der Waals surface area (Å²) in [5.74, 6) is 0.716. The molecule has 0 saturated carbocycles. The highest BCUT2D eigenvalue weighted by molar-refractivity contribution is 4.74. The maximum absolute atomic E-state index is 5.66. The van der Waals surface area contributed by atoms with Gasteiger partial charge in [-0.25, -0.2) is 0 Å². The summed E-state index contributed by atoms with van der Waals surface area (Å²) in [6.45, 7) is 4.97. The van der Waals surface area contributed by atoms with Crippen LogP contribution in [-0.2, 0) is 9.47 Å². The molecule has 1 N–H and O–H groups in total. The van der Waals surface area contributed by atoms with E-state index in [1.54, 1.807) is 0 Å². The Kier molecular flexibility index (Phi) is 2.63. The minimum atomic E-state index is 0.284. The molecule has 2 heterocycles. The number of ether oxygens (including phenoxy) is 2. The Bertz CT molecular complexity index is 145. The number of hydrogen-bond acceptors (Lipinski definition) is 3. The zero-order valence-corrected chi connectivity index (χ0v) is 7.58. The van der Waals surface area contributed by atoms with E-state index in [9.17, 15) is 0 Å². The lowest BCUT2D eigenvalue weighted by molar-refractivity contribution is 0.0341. The van der Waals surface area contributed by atoms with E-state index in [1.165, 1.54) is 6.42 Å². The Hall–Kier alpha value is -0.120. The Labute approximate surface area is 73.4 Å². The molecule has 0 aromatic carbocycles. The van der Waals surface area contributed by atoms with Gasteiger partial charge in [-0.05, 0) is 25.7 Å². The first kappa shape index (κ1) is 8.48. The van der Waals surface area contributed by atoms with Gasteiger partial charge in [0, 0.05) is 19.8 Å². The molecule has 2 aliphatic heterocycles. The zero-order valence-electron chi connectivity index (χ0n) is 7.58. The van der Waals surface area contributed by atoms with Crippen molar-refractivity contribution < 1.29 is 9.47 Å². The monoisotopic (exact) mass is 171 g/mol. The minimum Gasteiger partial charge on any atom is -0.381 e. The molecular formula is C9H17NO2. The molecule has 0 aliphatic carbocycles. The average Bonchev–Trinajstić information content (AvgIpc) is 2.63. The normalized spacial score (nSPS) is 42.2. The van der Waals surface area contributed by atoms with Gasteiger partial charge in [-0.1, -0.05) is 0 Å². The third-order valence-electron chi connectivity index (χ3n) is 2.60. The molecule has 0 spiro atoms. The Balaban J connectivity index is 1.72. The summed E-state index contributed by atoms with van der Waals surface area (Å²) in [6, 6.07) is 0. The molecule has 0 amide bonds. The van der Waals surface area contributed by atoms with Gasteiger partial charge in [-0.2, -0.15) is 0 Å². The van der Waals surface area contributed by atoms with Gasteiger partial charge in [0.1, 0.15) is 6.23 Å². The van der Waals surface area contributed by atoms with E-state index in [-0.39, 0.29) is 6.23 Å². The summed E-state index contributed by atoms with van der Waals surface area (Å²) in [6.07, 6.45) is 2.99. The first-order valence-corrected chi connectivity index (χ1v) is 4.81. The predicted octanol–water partition coefficient (Wildman–Crippen LogP) is 0.747. The molecular weight excluding hydrogens is 154 g/mol. The van der Waals surface area contributed by atoms with Crippen molar-refractivity contribution in [2.24, 2.45) is 5.92 Å². The zero-order chi connectivity index (χ0) is 8.39. The third-order valence-corrected chi connectivity index (χ3v) is 2.60. The predicted molar refractivity (Wildman–Crippen MR) is 45.9 cm³/mol. The van der Waals surface area contributed by atoms with Crippen LogP contribution in [0.25, 0.3) is 0 Å². The van der Waals surface area contributed by atoms with E-state index in [0.717, 1.165) is 26.2 Å². The molecule has 70 valence electrons. The maximum Gasteiger partial charge on any atom is 0.108 e. The molecule has 3 atom stereocenters. The van der Waals surface area contributed by atoms with Crippen LogP contribution in [0.3, 0.4) is 0 Å². The largest absolute Gasteiger partial charge is 0.381 e. The average molecular weight is 171 g/mol. The van der Waals surface area contributed by atoms with Crippen molar-refractivity contribution in [3.8, 4) is 0 Å². The SMILES string of the molecule is CC1CNC(CC2CCOC2)O1. The molecule has 0 aromatic heterocycles. The number of nitrogens with one attached hydrogen (secondary N) is 1. The minimum absolute atomic E-state index is 0.284. The molecule has 2 saturated heterocycles. The molecule has 0 radical (unpaired) electrons. The van der Waals surface area contributed by atoms with Crippen molar-refractivity contribution in [3.63, 3.8) is 0 Å². The highest BCUT2D eigenvalue weighted by atomic mass is 16.5. The second-order valence-electron chi connectivity index (χ2n) is 3.81. The molecule has 0 aromatic rings. The summed E-state index contributed by atoms with van der Waals surface area (Å²) >= 11 is 0. The van der Waals surface area contributed by atoms with Crippen molar-refractivity contribution in [2.75, 3.05) is 19.8 Å². The summed E-state index contributed by atoms with van der Waals surface area (Å²) in [4.78, 5) is 0. The summed E-state index contributed by atoms with van der Waals surface area (Å²) < 4.78 is 11.0. The summed E-state index contributed by atoms with van der Waals surface area (Å²) in [7, 11) is 0. The second kappa shape index (κ2) is 3.73. The van der Waals surface area contributed by atoms with Crippen LogP contribution >= 0.6 is 0 Å². The van der Waals surface area contributed by atoms with E-state index < -0.39 is 0 Å². The van der Waals surface area contributed by atoms with Gasteiger partial charge in [0.05, 0.1) is 6.10 Å². The van der Waals surface area contributed by atoms with E-state index in [2.05, 4.69) is 12.2 Å². The number of hydrogen-bond donors (Lipinski definition) is 1. The fraction of sp³-hybridized carbons (Fsp3) is 1.00. The van der Waals surface area contributed by atoms with Crippen LogP contribution in [0.5, 0.6) is 0 Å². The lowest BCUT2D eigenvalue weighted by Crippen LogP contribution is -2.25. The topological polar surface area (TPSA) is 30.5 Å². The van der Waals surface area contributed by atoms with Crippen molar-refractivity contribution in [1.29, 1.82) is 0 Å². The van der Waals surface area contributed by atoms with Gasteiger partial charge < -0.3 is 9.47 Å². The van der Waals surface area contributed by atoms with Gasteiger partial charge in [-0.3, -0.25) is 5.32 Å². The fourth-order valence-electron chi connectivity index (χ4n) is 1.88. The number of rotatable bonds is 2. The summed E-state index contributed by atoms with van der Waals surface area (Å²) in [5, 5.41) is 3.36. The Morgan fingerprint density at radius 1 is 1.50 bits per heavy atom. The smallest absolute Gasteiger partial charge is 0.108 e. The van der Waals surface area contributed by atoms with Crippen LogP contribution in [0.4, 0.5) is 0 Å². The maximum atomic E-state index is 5.66. The molecule has 3 heteroatoms. The van der Waals surface area contributed by atoms with Gasteiger partial charge in [-0.15, -0.1) is 0 Å². The highest BCUT2D eigenvalue weighted by Crippen LogP contribution is 2.20. The van der Waals surface area contributed by atoms with Crippen LogP contribution in [-0.4, -0.2) is 32.1 Å². The molecule has 2 aliphatic rings. The molecule has 2 fully saturated rings. The van der Waals surface area contributed by atoms with E-state index in [4.69, 9.17) is 9.47 Å². The van der Waals surface area contributed by atoms with Crippen molar-refractivity contribution in [1.82, 2.24) is 5.32 Å². The molecule has 0 bridgehead atoms. The lowest BCUT2D eigenvalue weighted by Gasteiger charge is -2.14. The van der Waals surface area contributed by atoms with Crippen LogP contribution in [0.2, 0.25) is 0 Å². The van der Waals surface area contributed by atoms with E-state index in [0.29, 0.717) is 12.0 Å². The van der Waals surface area contributed by atoms with Crippen LogP contribution in [0.15, 0.2) is 0 Å². The standard InChI is InChI=1S/C9H17NO2/c1-7-5-10-9(12-7)4-8-2-3-11-6-8/h7-10H,2-6H2,1H3. The van der Waals surface area contributed by atoms with Crippen molar-refractivity contribution in [3.05, 3.63) is 0 Å². The van der Waals surface area contributed by atoms with E-state index >= 15 is 0 Å². The third kappa shape index (κ3) is 1.97. The first-order chi connectivity index (χ1) is 5.84. The molecule has 12 heavy (non-hydrogen) atoms. The van der Waals surface area contributed by atoms with Crippen molar-refractivity contribution >= 4 is 0 Å². The fourth-order valence-corrected chi connectivity index (χ4v) is 1.88. The highest BCUT2D eigenvalue weighted by Gasteiger charge is 2.26. The van der Waals surface area contributed by atoms with Crippen LogP contribution in [0.1, 0.15) is 19.8 Å². The van der Waals surface area contributed by atoms with Gasteiger partial charge in [0.2, 0.25) is 0 Å². The van der Waals surface area contributed by atoms with E-state index in [1.807, 2.05) is 0 Å². The quantitative estimate of drug-likeness (QED) is 0.665. The molecule has 3 unspecified atom stereocenters. The molecule has 2 rings (SSSR count). The van der Waals surface area contributed by atoms with Gasteiger partial charge in [0.25, 0.3) is 0 Å². The molecule has 3 nitrogen and oxygen atoms in total. The van der Waals surface area contributed by atoms with Crippen LogP contribution < -0.4 is 5.32 Å². The second-order valence-corrected chi connectivity index (χ2v) is 3.81. The Morgan fingerprint density at radius 2 is 2.42 bits per heavy atom.